The number of halogens is 1. The van der Waals surface area contributed by atoms with Crippen LogP contribution in [-0.2, 0) is 0 Å². The van der Waals surface area contributed by atoms with Gasteiger partial charge in [0.1, 0.15) is 5.69 Å². The van der Waals surface area contributed by atoms with Crippen molar-refractivity contribution in [1.82, 2.24) is 19.9 Å². The van der Waals surface area contributed by atoms with Gasteiger partial charge in [0.15, 0.2) is 5.69 Å². The van der Waals surface area contributed by atoms with E-state index in [0.29, 0.717) is 11.5 Å². The Morgan fingerprint density at radius 3 is 2.63 bits per heavy atom. The van der Waals surface area contributed by atoms with Crippen LogP contribution in [-0.4, -0.2) is 31.0 Å². The summed E-state index contributed by atoms with van der Waals surface area (Å²) in [5.41, 5.74) is 3.93. The predicted octanol–water partition coefficient (Wildman–Crippen LogP) is 5.48. The Labute approximate surface area is 181 Å². The lowest BCUT2D eigenvalue weighted by atomic mass is 10.0. The molecule has 4 rings (SSSR count). The number of aryl methyl sites for hydroxylation is 1. The molecule has 0 spiro atoms. The maximum atomic E-state index is 11.8. The zero-order chi connectivity index (χ0) is 21.4. The van der Waals surface area contributed by atoms with Gasteiger partial charge >= 0.3 is 5.97 Å². The molecule has 0 aliphatic heterocycles. The molecule has 0 aliphatic rings. The summed E-state index contributed by atoms with van der Waals surface area (Å²) in [6, 6.07) is 15.5. The van der Waals surface area contributed by atoms with Crippen molar-refractivity contribution in [2.24, 2.45) is 0 Å². The van der Waals surface area contributed by atoms with Gasteiger partial charge in [0.05, 0.1) is 10.2 Å². The molecule has 0 saturated heterocycles. The average Bonchev–Trinajstić information content (AvgIpc) is 3.32. The topological polar surface area (TPSA) is 94.0 Å². The first-order valence-corrected chi connectivity index (χ1v) is 10.2. The molecule has 2 aromatic heterocycles. The van der Waals surface area contributed by atoms with Crippen LogP contribution in [0.3, 0.4) is 0 Å². The number of carboxylic acids is 1. The highest BCUT2D eigenvalue weighted by Gasteiger charge is 2.28. The fourth-order valence-electron chi connectivity index (χ4n) is 3.28. The van der Waals surface area contributed by atoms with Gasteiger partial charge in [0.25, 0.3) is 5.89 Å². The Morgan fingerprint density at radius 2 is 1.93 bits per heavy atom. The van der Waals surface area contributed by atoms with E-state index < -0.39 is 5.97 Å². The number of aromatic nitrogens is 4. The third-order valence-electron chi connectivity index (χ3n) is 4.72. The molecule has 0 unspecified atom stereocenters. The molecule has 30 heavy (non-hydrogen) atoms. The lowest BCUT2D eigenvalue weighted by Crippen LogP contribution is -2.06. The lowest BCUT2D eigenvalue weighted by molar-refractivity contribution is 0.0689. The Morgan fingerprint density at radius 1 is 1.17 bits per heavy atom. The van der Waals surface area contributed by atoms with Gasteiger partial charge in [-0.3, -0.25) is 0 Å². The maximum Gasteiger partial charge on any atom is 0.357 e. The Kier molecular flexibility index (Phi) is 5.26. The Bertz CT molecular complexity index is 1240. The van der Waals surface area contributed by atoms with Gasteiger partial charge in [0, 0.05) is 5.56 Å². The second kappa shape index (κ2) is 7.87. The number of aromatic carboxylic acids is 1. The first-order valence-electron chi connectivity index (χ1n) is 9.39. The fraction of sp³-hybridized carbons (Fsp3) is 0.182. The van der Waals surface area contributed by atoms with Crippen LogP contribution in [0.25, 0.3) is 28.7 Å². The van der Waals surface area contributed by atoms with Crippen molar-refractivity contribution in [2.45, 2.75) is 26.7 Å². The van der Waals surface area contributed by atoms with Gasteiger partial charge in [-0.1, -0.05) is 61.0 Å². The van der Waals surface area contributed by atoms with Gasteiger partial charge < -0.3 is 9.63 Å². The van der Waals surface area contributed by atoms with Crippen LogP contribution in [0.5, 0.6) is 0 Å². The number of benzene rings is 2. The SMILES string of the molecule is Cc1cccc(-c2noc(-c3c(Br)c(C(=O)O)nn3-c3ccccc3C(C)C)n2)c1. The molecule has 7 nitrogen and oxygen atoms in total. The van der Waals surface area contributed by atoms with E-state index >= 15 is 0 Å². The summed E-state index contributed by atoms with van der Waals surface area (Å²) >= 11 is 3.38. The van der Waals surface area contributed by atoms with E-state index in [-0.39, 0.29) is 22.0 Å². The molecule has 0 bridgehead atoms. The molecule has 0 aliphatic carbocycles. The predicted molar refractivity (Wildman–Crippen MR) is 116 cm³/mol. The van der Waals surface area contributed by atoms with Crippen molar-refractivity contribution in [1.29, 1.82) is 0 Å². The number of hydrogen-bond donors (Lipinski definition) is 1. The third-order valence-corrected chi connectivity index (χ3v) is 5.47. The van der Waals surface area contributed by atoms with Crippen LogP contribution in [0.1, 0.15) is 41.4 Å². The van der Waals surface area contributed by atoms with Gasteiger partial charge in [-0.25, -0.2) is 9.48 Å². The molecule has 0 radical (unpaired) electrons. The molecule has 2 heterocycles. The summed E-state index contributed by atoms with van der Waals surface area (Å²) in [7, 11) is 0. The summed E-state index contributed by atoms with van der Waals surface area (Å²) < 4.78 is 7.37. The highest BCUT2D eigenvalue weighted by molar-refractivity contribution is 9.10. The van der Waals surface area contributed by atoms with E-state index in [9.17, 15) is 9.90 Å². The number of hydrogen-bond acceptors (Lipinski definition) is 5. The number of rotatable bonds is 5. The van der Waals surface area contributed by atoms with Gasteiger partial charge in [-0.2, -0.15) is 10.1 Å². The molecular formula is C22H19BrN4O3. The Balaban J connectivity index is 1.92. The van der Waals surface area contributed by atoms with Crippen LogP contribution >= 0.6 is 15.9 Å². The van der Waals surface area contributed by atoms with Crippen LogP contribution in [0.2, 0.25) is 0 Å². The van der Waals surface area contributed by atoms with Gasteiger partial charge in [0.2, 0.25) is 5.82 Å². The van der Waals surface area contributed by atoms with Crippen LogP contribution in [0.15, 0.2) is 57.5 Å². The quantitative estimate of drug-likeness (QED) is 0.418. The van der Waals surface area contributed by atoms with Gasteiger partial charge in [-0.05, 0) is 46.5 Å². The number of para-hydroxylation sites is 1. The minimum absolute atomic E-state index is 0.126. The summed E-state index contributed by atoms with van der Waals surface area (Å²) in [5.74, 6) is -0.350. The standard InChI is InChI=1S/C22H19BrN4O3/c1-12(2)15-9-4-5-10-16(15)27-19(17(23)18(25-27)22(28)29)21-24-20(26-30-21)14-8-6-7-13(3)11-14/h4-12H,1-3H3,(H,28,29). The average molecular weight is 467 g/mol. The number of nitrogens with zero attached hydrogens (tertiary/aromatic N) is 4. The van der Waals surface area contributed by atoms with E-state index in [4.69, 9.17) is 4.52 Å². The highest BCUT2D eigenvalue weighted by atomic mass is 79.9. The van der Waals surface area contributed by atoms with Crippen molar-refractivity contribution >= 4 is 21.9 Å². The second-order valence-corrected chi connectivity index (χ2v) is 8.03. The number of carboxylic acid groups (broad SMARTS) is 1. The molecule has 0 saturated carbocycles. The van der Waals surface area contributed by atoms with Crippen molar-refractivity contribution in [2.75, 3.05) is 0 Å². The van der Waals surface area contributed by atoms with E-state index in [1.165, 1.54) is 0 Å². The molecule has 0 fully saturated rings. The van der Waals surface area contributed by atoms with E-state index in [0.717, 1.165) is 22.4 Å². The van der Waals surface area contributed by atoms with E-state index in [1.54, 1.807) is 4.68 Å². The highest BCUT2D eigenvalue weighted by Crippen LogP contribution is 2.35. The maximum absolute atomic E-state index is 11.8. The largest absolute Gasteiger partial charge is 0.476 e. The molecule has 152 valence electrons. The smallest absolute Gasteiger partial charge is 0.357 e. The Hall–Kier alpha value is -3.26. The lowest BCUT2D eigenvalue weighted by Gasteiger charge is -2.13. The minimum atomic E-state index is -1.15. The van der Waals surface area contributed by atoms with E-state index in [2.05, 4.69) is 45.0 Å². The summed E-state index contributed by atoms with van der Waals surface area (Å²) in [5, 5.41) is 18.1. The summed E-state index contributed by atoms with van der Waals surface area (Å²) in [4.78, 5) is 16.3. The first-order chi connectivity index (χ1) is 14.4. The summed E-state index contributed by atoms with van der Waals surface area (Å²) in [6.45, 7) is 6.12. The summed E-state index contributed by atoms with van der Waals surface area (Å²) in [6.07, 6.45) is 0. The van der Waals surface area contributed by atoms with Crippen molar-refractivity contribution in [3.05, 3.63) is 69.8 Å². The molecule has 8 heteroatoms. The van der Waals surface area contributed by atoms with Crippen molar-refractivity contribution in [3.63, 3.8) is 0 Å². The van der Waals surface area contributed by atoms with Crippen LogP contribution < -0.4 is 0 Å². The first kappa shape index (κ1) is 20.0. The molecule has 2 aromatic carbocycles. The fourth-order valence-corrected chi connectivity index (χ4v) is 3.87. The molecule has 4 aromatic rings. The van der Waals surface area contributed by atoms with Crippen molar-refractivity contribution < 1.29 is 14.4 Å². The normalized spacial score (nSPS) is 11.2. The van der Waals surface area contributed by atoms with E-state index in [1.807, 2.05) is 55.5 Å². The zero-order valence-electron chi connectivity index (χ0n) is 16.6. The van der Waals surface area contributed by atoms with Crippen LogP contribution in [0.4, 0.5) is 0 Å². The second-order valence-electron chi connectivity index (χ2n) is 7.23. The van der Waals surface area contributed by atoms with Gasteiger partial charge in [-0.15, -0.1) is 0 Å². The monoisotopic (exact) mass is 466 g/mol. The van der Waals surface area contributed by atoms with Crippen molar-refractivity contribution in [3.8, 4) is 28.7 Å². The molecule has 1 N–H and O–H groups in total. The van der Waals surface area contributed by atoms with Crippen LogP contribution in [0, 0.1) is 6.92 Å². The molecule has 0 amide bonds. The third kappa shape index (κ3) is 3.54. The molecular weight excluding hydrogens is 448 g/mol. The molecule has 0 atom stereocenters. The minimum Gasteiger partial charge on any atom is -0.476 e. The number of carbonyl (C=O) groups is 1. The zero-order valence-corrected chi connectivity index (χ0v) is 18.2.